The smallest absolute Gasteiger partial charge is 0.255 e. The minimum atomic E-state index is -3.59. The van der Waals surface area contributed by atoms with Gasteiger partial charge in [-0.05, 0) is 61.7 Å². The molecule has 0 aromatic heterocycles. The first-order valence-electron chi connectivity index (χ1n) is 9.05. The highest BCUT2D eigenvalue weighted by Gasteiger charge is 2.26. The summed E-state index contributed by atoms with van der Waals surface area (Å²) in [6, 6.07) is 12.0. The van der Waals surface area contributed by atoms with E-state index in [1.54, 1.807) is 35.5 Å². The summed E-state index contributed by atoms with van der Waals surface area (Å²) >= 11 is 3.36. The van der Waals surface area contributed by atoms with Gasteiger partial charge in [0.1, 0.15) is 0 Å². The third kappa shape index (κ3) is 4.78. The number of rotatable bonds is 4. The summed E-state index contributed by atoms with van der Waals surface area (Å²) in [4.78, 5) is 12.9. The highest BCUT2D eigenvalue weighted by Crippen LogP contribution is 2.23. The molecular weight excluding hydrogens is 428 g/mol. The number of carbonyl (C=O) groups excluding carboxylic acids is 1. The van der Waals surface area contributed by atoms with E-state index < -0.39 is 10.0 Å². The van der Waals surface area contributed by atoms with E-state index in [9.17, 15) is 13.2 Å². The first-order valence-corrected chi connectivity index (χ1v) is 11.3. The summed E-state index contributed by atoms with van der Waals surface area (Å²) in [6.45, 7) is 2.88. The highest BCUT2D eigenvalue weighted by atomic mass is 79.9. The van der Waals surface area contributed by atoms with Gasteiger partial charge in [-0.15, -0.1) is 0 Å². The average Bonchev–Trinajstić information content (AvgIpc) is 2.94. The molecule has 1 heterocycles. The van der Waals surface area contributed by atoms with Crippen molar-refractivity contribution in [1.29, 1.82) is 0 Å². The molecule has 1 fully saturated rings. The molecule has 1 aliphatic heterocycles. The fraction of sp³-hybridized carbons (Fsp3) is 0.350. The van der Waals surface area contributed by atoms with Crippen molar-refractivity contribution in [2.24, 2.45) is 0 Å². The van der Waals surface area contributed by atoms with Crippen molar-refractivity contribution in [1.82, 2.24) is 4.31 Å². The monoisotopic (exact) mass is 450 g/mol. The van der Waals surface area contributed by atoms with Gasteiger partial charge in [0, 0.05) is 28.8 Å². The molecule has 0 radical (unpaired) electrons. The Morgan fingerprint density at radius 1 is 1.00 bits per heavy atom. The van der Waals surface area contributed by atoms with E-state index in [1.165, 1.54) is 6.07 Å². The molecule has 0 spiro atoms. The van der Waals surface area contributed by atoms with Crippen LogP contribution in [0.1, 0.15) is 41.6 Å². The van der Waals surface area contributed by atoms with Crippen LogP contribution in [0.25, 0.3) is 0 Å². The SMILES string of the molecule is Cc1ccc(S(=O)(=O)N2CCCCCC2)cc1C(=O)Nc1ccc(Br)cc1. The molecule has 7 heteroatoms. The van der Waals surface area contributed by atoms with Gasteiger partial charge in [0.25, 0.3) is 5.91 Å². The molecule has 0 unspecified atom stereocenters. The van der Waals surface area contributed by atoms with Crippen LogP contribution in [0, 0.1) is 6.92 Å². The Morgan fingerprint density at radius 2 is 1.63 bits per heavy atom. The Labute approximate surface area is 169 Å². The van der Waals surface area contributed by atoms with E-state index >= 15 is 0 Å². The van der Waals surface area contributed by atoms with E-state index in [0.717, 1.165) is 35.7 Å². The van der Waals surface area contributed by atoms with Crippen molar-refractivity contribution in [2.45, 2.75) is 37.5 Å². The van der Waals surface area contributed by atoms with E-state index in [1.807, 2.05) is 12.1 Å². The van der Waals surface area contributed by atoms with E-state index in [4.69, 9.17) is 0 Å². The molecule has 0 bridgehead atoms. The Bertz CT molecular complexity index is 919. The minimum Gasteiger partial charge on any atom is -0.322 e. The van der Waals surface area contributed by atoms with Gasteiger partial charge in [-0.3, -0.25) is 4.79 Å². The number of carbonyl (C=O) groups is 1. The number of anilines is 1. The average molecular weight is 451 g/mol. The first kappa shape index (κ1) is 20.0. The van der Waals surface area contributed by atoms with Crippen LogP contribution in [0.3, 0.4) is 0 Å². The molecule has 2 aromatic carbocycles. The summed E-state index contributed by atoms with van der Waals surface area (Å²) in [5.41, 5.74) is 1.76. The van der Waals surface area contributed by atoms with Crippen LogP contribution in [-0.4, -0.2) is 31.7 Å². The summed E-state index contributed by atoms with van der Waals surface area (Å²) in [6.07, 6.45) is 3.87. The van der Waals surface area contributed by atoms with Crippen molar-refractivity contribution in [3.8, 4) is 0 Å². The van der Waals surface area contributed by atoms with Crippen LogP contribution in [-0.2, 0) is 10.0 Å². The number of hydrogen-bond acceptors (Lipinski definition) is 3. The van der Waals surface area contributed by atoms with Gasteiger partial charge < -0.3 is 5.32 Å². The lowest BCUT2D eigenvalue weighted by atomic mass is 10.1. The molecule has 1 amide bonds. The number of nitrogens with one attached hydrogen (secondary N) is 1. The Morgan fingerprint density at radius 3 is 2.26 bits per heavy atom. The molecule has 27 heavy (non-hydrogen) atoms. The van der Waals surface area contributed by atoms with Gasteiger partial charge in [0.2, 0.25) is 10.0 Å². The zero-order chi connectivity index (χ0) is 19.4. The zero-order valence-corrected chi connectivity index (χ0v) is 17.6. The summed E-state index contributed by atoms with van der Waals surface area (Å²) < 4.78 is 28.5. The lowest BCUT2D eigenvalue weighted by Gasteiger charge is -2.20. The number of aryl methyl sites for hydroxylation is 1. The Hall–Kier alpha value is -1.70. The molecule has 5 nitrogen and oxygen atoms in total. The van der Waals surface area contributed by atoms with Crippen molar-refractivity contribution in [3.05, 3.63) is 58.1 Å². The van der Waals surface area contributed by atoms with Crippen molar-refractivity contribution in [2.75, 3.05) is 18.4 Å². The van der Waals surface area contributed by atoms with Crippen molar-refractivity contribution >= 4 is 37.5 Å². The number of sulfonamides is 1. The standard InChI is InChI=1S/C20H23BrN2O3S/c1-15-6-11-18(27(25,26)23-12-4-2-3-5-13-23)14-19(15)20(24)22-17-9-7-16(21)8-10-17/h6-11,14H,2-5,12-13H2,1H3,(H,22,24). The van der Waals surface area contributed by atoms with E-state index in [0.29, 0.717) is 24.3 Å². The second kappa shape index (κ2) is 8.54. The van der Waals surface area contributed by atoms with Crippen LogP contribution in [0.5, 0.6) is 0 Å². The van der Waals surface area contributed by atoms with E-state index in [2.05, 4.69) is 21.2 Å². The third-order valence-electron chi connectivity index (χ3n) is 4.76. The van der Waals surface area contributed by atoms with Gasteiger partial charge in [-0.2, -0.15) is 4.31 Å². The maximum atomic E-state index is 13.0. The normalized spacial score (nSPS) is 15.9. The maximum absolute atomic E-state index is 13.0. The predicted molar refractivity (Wildman–Crippen MR) is 111 cm³/mol. The largest absolute Gasteiger partial charge is 0.322 e. The van der Waals surface area contributed by atoms with Gasteiger partial charge in [0.15, 0.2) is 0 Å². The fourth-order valence-corrected chi connectivity index (χ4v) is 4.98. The molecule has 2 aromatic rings. The van der Waals surface area contributed by atoms with Crippen LogP contribution in [0.2, 0.25) is 0 Å². The van der Waals surface area contributed by atoms with Crippen LogP contribution in [0.15, 0.2) is 51.8 Å². The zero-order valence-electron chi connectivity index (χ0n) is 15.2. The van der Waals surface area contributed by atoms with Crippen molar-refractivity contribution < 1.29 is 13.2 Å². The molecule has 1 aliphatic rings. The Kier molecular flexibility index (Phi) is 6.34. The summed E-state index contributed by atoms with van der Waals surface area (Å²) in [5.74, 6) is -0.317. The number of benzene rings is 2. The molecule has 1 saturated heterocycles. The molecule has 3 rings (SSSR count). The van der Waals surface area contributed by atoms with Crippen LogP contribution < -0.4 is 5.32 Å². The predicted octanol–water partition coefficient (Wildman–Crippen LogP) is 4.57. The first-order chi connectivity index (χ1) is 12.9. The fourth-order valence-electron chi connectivity index (χ4n) is 3.17. The van der Waals surface area contributed by atoms with Gasteiger partial charge in [0.05, 0.1) is 4.90 Å². The minimum absolute atomic E-state index is 0.177. The lowest BCUT2D eigenvalue weighted by Crippen LogP contribution is -2.32. The molecule has 0 atom stereocenters. The Balaban J connectivity index is 1.86. The van der Waals surface area contributed by atoms with E-state index in [-0.39, 0.29) is 10.8 Å². The van der Waals surface area contributed by atoms with Crippen LogP contribution >= 0.6 is 15.9 Å². The number of halogens is 1. The number of nitrogens with zero attached hydrogens (tertiary/aromatic N) is 1. The van der Waals surface area contributed by atoms with Gasteiger partial charge in [-0.1, -0.05) is 34.8 Å². The topological polar surface area (TPSA) is 66.5 Å². The third-order valence-corrected chi connectivity index (χ3v) is 7.18. The van der Waals surface area contributed by atoms with Gasteiger partial charge >= 0.3 is 0 Å². The maximum Gasteiger partial charge on any atom is 0.255 e. The molecular formula is C20H23BrN2O3S. The molecule has 1 N–H and O–H groups in total. The summed E-state index contributed by atoms with van der Waals surface area (Å²) in [5, 5.41) is 2.83. The highest BCUT2D eigenvalue weighted by molar-refractivity contribution is 9.10. The number of hydrogen-bond donors (Lipinski definition) is 1. The van der Waals surface area contributed by atoms with Crippen LogP contribution in [0.4, 0.5) is 5.69 Å². The number of amides is 1. The summed E-state index contributed by atoms with van der Waals surface area (Å²) in [7, 11) is -3.59. The second-order valence-electron chi connectivity index (χ2n) is 6.76. The molecule has 0 saturated carbocycles. The van der Waals surface area contributed by atoms with Crippen molar-refractivity contribution in [3.63, 3.8) is 0 Å². The molecule has 144 valence electrons. The lowest BCUT2D eigenvalue weighted by molar-refractivity contribution is 0.102. The molecule has 0 aliphatic carbocycles. The second-order valence-corrected chi connectivity index (χ2v) is 9.61. The quantitative estimate of drug-likeness (QED) is 0.741. The van der Waals surface area contributed by atoms with Gasteiger partial charge in [-0.25, -0.2) is 8.42 Å².